The van der Waals surface area contributed by atoms with Gasteiger partial charge in [-0.3, -0.25) is 14.9 Å². The molecular weight excluding hydrogens is 394 g/mol. The molecule has 1 heterocycles. The summed E-state index contributed by atoms with van der Waals surface area (Å²) in [5.41, 5.74) is 0.848. The Morgan fingerprint density at radius 1 is 1.24 bits per heavy atom. The lowest BCUT2D eigenvalue weighted by Gasteiger charge is -2.16. The molecule has 1 aromatic heterocycles. The highest BCUT2D eigenvalue weighted by molar-refractivity contribution is 7.15. The number of hydrogen-bond donors (Lipinski definition) is 0. The molecule has 0 fully saturated rings. The predicted octanol–water partition coefficient (Wildman–Crippen LogP) is 4.94. The fourth-order valence-corrected chi connectivity index (χ4v) is 3.81. The van der Waals surface area contributed by atoms with Crippen LogP contribution in [0.5, 0.6) is 0 Å². The quantitative estimate of drug-likeness (QED) is 0.273. The molecule has 0 atom stereocenters. The number of nitro benzene ring substituents is 1. The van der Waals surface area contributed by atoms with Gasteiger partial charge in [-0.05, 0) is 52.7 Å². The Hall–Kier alpha value is -2.74. The number of esters is 2. The zero-order valence-electron chi connectivity index (χ0n) is 17.2. The van der Waals surface area contributed by atoms with Crippen molar-refractivity contribution in [1.29, 1.82) is 0 Å². The molecule has 0 aliphatic heterocycles. The fourth-order valence-electron chi connectivity index (χ4n) is 2.78. The van der Waals surface area contributed by atoms with Gasteiger partial charge < -0.3 is 9.47 Å². The lowest BCUT2D eigenvalue weighted by Crippen LogP contribution is -2.23. The van der Waals surface area contributed by atoms with E-state index in [0.29, 0.717) is 34.4 Å². The Bertz CT molecular complexity index is 926. The minimum absolute atomic E-state index is 0.00677. The van der Waals surface area contributed by atoms with Crippen LogP contribution in [0.15, 0.2) is 24.3 Å². The van der Waals surface area contributed by atoms with Crippen LogP contribution in [0.3, 0.4) is 0 Å². The van der Waals surface area contributed by atoms with Crippen molar-refractivity contribution in [3.63, 3.8) is 0 Å². The number of rotatable bonds is 7. The molecule has 7 nitrogen and oxygen atoms in total. The van der Waals surface area contributed by atoms with Gasteiger partial charge in [-0.2, -0.15) is 0 Å². The lowest BCUT2D eigenvalue weighted by atomic mass is 9.97. The van der Waals surface area contributed by atoms with Crippen LogP contribution >= 0.6 is 11.3 Å². The molecule has 0 unspecified atom stereocenters. The SMILES string of the molecule is COC(=O)c1cc(-c2cccc(CCCOC(=O)C(C)(C)C)c2[N+](=O)[O-])sc1C. The second-order valence-corrected chi connectivity index (χ2v) is 8.89. The molecule has 2 aromatic rings. The molecule has 29 heavy (non-hydrogen) atoms. The first kappa shape index (κ1) is 22.5. The smallest absolute Gasteiger partial charge is 0.338 e. The van der Waals surface area contributed by atoms with E-state index in [4.69, 9.17) is 9.47 Å². The largest absolute Gasteiger partial charge is 0.465 e. The molecular formula is C21H25NO6S. The van der Waals surface area contributed by atoms with Crippen LogP contribution in [-0.2, 0) is 20.7 Å². The van der Waals surface area contributed by atoms with Crippen molar-refractivity contribution in [3.8, 4) is 10.4 Å². The summed E-state index contributed by atoms with van der Waals surface area (Å²) in [5.74, 6) is -0.769. The van der Waals surface area contributed by atoms with Crippen LogP contribution in [0, 0.1) is 22.5 Å². The molecule has 1 aromatic carbocycles. The number of nitrogens with zero attached hydrogens (tertiary/aromatic N) is 1. The second-order valence-electron chi connectivity index (χ2n) is 7.63. The van der Waals surface area contributed by atoms with Crippen molar-refractivity contribution in [3.05, 3.63) is 50.4 Å². The van der Waals surface area contributed by atoms with Gasteiger partial charge in [-0.1, -0.05) is 12.1 Å². The second kappa shape index (κ2) is 9.17. The summed E-state index contributed by atoms with van der Waals surface area (Å²) < 4.78 is 10.0. The average molecular weight is 419 g/mol. The number of methoxy groups -OCH3 is 1. The average Bonchev–Trinajstić information content (AvgIpc) is 3.04. The number of carbonyl (C=O) groups excluding carboxylic acids is 2. The summed E-state index contributed by atoms with van der Waals surface area (Å²) in [6, 6.07) is 6.76. The molecule has 0 aliphatic carbocycles. The van der Waals surface area contributed by atoms with E-state index >= 15 is 0 Å². The molecule has 0 saturated heterocycles. The van der Waals surface area contributed by atoms with E-state index in [1.165, 1.54) is 18.4 Å². The molecule has 0 N–H and O–H groups in total. The number of ether oxygens (including phenoxy) is 2. The van der Waals surface area contributed by atoms with Gasteiger partial charge in [0, 0.05) is 15.3 Å². The maximum Gasteiger partial charge on any atom is 0.338 e. The number of para-hydroxylation sites is 1. The molecule has 8 heteroatoms. The van der Waals surface area contributed by atoms with E-state index in [9.17, 15) is 19.7 Å². The number of thiophene rings is 1. The highest BCUT2D eigenvalue weighted by Crippen LogP contribution is 2.39. The van der Waals surface area contributed by atoms with Crippen molar-refractivity contribution >= 4 is 29.0 Å². The third kappa shape index (κ3) is 5.41. The van der Waals surface area contributed by atoms with Crippen molar-refractivity contribution < 1.29 is 24.0 Å². The molecule has 0 amide bonds. The molecule has 2 rings (SSSR count). The van der Waals surface area contributed by atoms with Gasteiger partial charge in [0.15, 0.2) is 0 Å². The van der Waals surface area contributed by atoms with E-state index in [1.54, 1.807) is 52.0 Å². The minimum Gasteiger partial charge on any atom is -0.465 e. The van der Waals surface area contributed by atoms with Crippen LogP contribution in [0.25, 0.3) is 10.4 Å². The van der Waals surface area contributed by atoms with Gasteiger partial charge in [0.25, 0.3) is 5.69 Å². The highest BCUT2D eigenvalue weighted by Gasteiger charge is 2.25. The number of hydrogen-bond acceptors (Lipinski definition) is 7. The van der Waals surface area contributed by atoms with E-state index < -0.39 is 16.3 Å². The monoisotopic (exact) mass is 419 g/mol. The van der Waals surface area contributed by atoms with Crippen LogP contribution < -0.4 is 0 Å². The minimum atomic E-state index is -0.583. The number of carbonyl (C=O) groups is 2. The Morgan fingerprint density at radius 3 is 2.52 bits per heavy atom. The van der Waals surface area contributed by atoms with Crippen molar-refractivity contribution in [1.82, 2.24) is 0 Å². The van der Waals surface area contributed by atoms with Gasteiger partial charge in [0.2, 0.25) is 0 Å². The Balaban J connectivity index is 2.25. The summed E-state index contributed by atoms with van der Waals surface area (Å²) >= 11 is 1.31. The van der Waals surface area contributed by atoms with E-state index in [1.807, 2.05) is 0 Å². The molecule has 0 saturated carbocycles. The van der Waals surface area contributed by atoms with Crippen LogP contribution in [0.4, 0.5) is 5.69 Å². The molecule has 0 radical (unpaired) electrons. The summed E-state index contributed by atoms with van der Waals surface area (Å²) in [7, 11) is 1.30. The van der Waals surface area contributed by atoms with Gasteiger partial charge in [-0.15, -0.1) is 11.3 Å². The van der Waals surface area contributed by atoms with Crippen molar-refractivity contribution in [2.45, 2.75) is 40.5 Å². The molecule has 0 spiro atoms. The standard InChI is InChI=1S/C21H25NO6S/c1-13-16(19(23)27-5)12-17(29-13)15-10-6-8-14(18(15)22(25)26)9-7-11-28-20(24)21(2,3)4/h6,8,10,12H,7,9,11H2,1-5H3. The normalized spacial score (nSPS) is 11.2. The van der Waals surface area contributed by atoms with E-state index in [-0.39, 0.29) is 18.3 Å². The molecule has 156 valence electrons. The summed E-state index contributed by atoms with van der Waals surface area (Å²) in [6.07, 6.45) is 0.874. The van der Waals surface area contributed by atoms with Crippen molar-refractivity contribution in [2.75, 3.05) is 13.7 Å². The first-order valence-electron chi connectivity index (χ1n) is 9.19. The summed E-state index contributed by atoms with van der Waals surface area (Å²) in [6.45, 7) is 7.29. The fraction of sp³-hybridized carbons (Fsp3) is 0.429. The summed E-state index contributed by atoms with van der Waals surface area (Å²) in [5, 5.41) is 11.8. The topological polar surface area (TPSA) is 95.7 Å². The maximum absolute atomic E-state index is 11.9. The lowest BCUT2D eigenvalue weighted by molar-refractivity contribution is -0.384. The van der Waals surface area contributed by atoms with Gasteiger partial charge >= 0.3 is 11.9 Å². The summed E-state index contributed by atoms with van der Waals surface area (Å²) in [4.78, 5) is 36.5. The zero-order valence-corrected chi connectivity index (χ0v) is 18.1. The third-order valence-electron chi connectivity index (χ3n) is 4.33. The predicted molar refractivity (Wildman–Crippen MR) is 111 cm³/mol. The van der Waals surface area contributed by atoms with E-state index in [2.05, 4.69) is 0 Å². The Kier molecular flexibility index (Phi) is 7.13. The maximum atomic E-state index is 11.9. The first-order chi connectivity index (χ1) is 13.6. The van der Waals surface area contributed by atoms with Crippen molar-refractivity contribution in [2.24, 2.45) is 5.41 Å². The Labute approximate surface area is 173 Å². The number of nitro groups is 1. The van der Waals surface area contributed by atoms with Crippen LogP contribution in [-0.4, -0.2) is 30.6 Å². The van der Waals surface area contributed by atoms with E-state index in [0.717, 1.165) is 4.88 Å². The third-order valence-corrected chi connectivity index (χ3v) is 5.41. The van der Waals surface area contributed by atoms with Crippen LogP contribution in [0.1, 0.15) is 48.0 Å². The first-order valence-corrected chi connectivity index (χ1v) is 10.0. The van der Waals surface area contributed by atoms with Gasteiger partial charge in [-0.25, -0.2) is 4.79 Å². The van der Waals surface area contributed by atoms with Crippen LogP contribution in [0.2, 0.25) is 0 Å². The van der Waals surface area contributed by atoms with Gasteiger partial charge in [0.05, 0.1) is 35.2 Å². The Morgan fingerprint density at radius 2 is 1.93 bits per heavy atom. The number of benzene rings is 1. The zero-order chi connectivity index (χ0) is 21.8. The number of aryl methyl sites for hydroxylation is 2. The molecule has 0 aliphatic rings. The molecule has 0 bridgehead atoms. The van der Waals surface area contributed by atoms with Gasteiger partial charge in [0.1, 0.15) is 0 Å². The highest BCUT2D eigenvalue weighted by atomic mass is 32.1.